The van der Waals surface area contributed by atoms with E-state index in [2.05, 4.69) is 4.98 Å². The highest BCUT2D eigenvalue weighted by Gasteiger charge is 2.46. The molecule has 3 aromatic rings. The number of likely N-dealkylation sites (N-methyl/N-ethyl adjacent to an activating group) is 1. The van der Waals surface area contributed by atoms with Gasteiger partial charge in [-0.3, -0.25) is 14.6 Å². The zero-order chi connectivity index (χ0) is 23.4. The van der Waals surface area contributed by atoms with Crippen molar-refractivity contribution in [1.29, 1.82) is 0 Å². The quantitative estimate of drug-likeness (QED) is 0.601. The Morgan fingerprint density at radius 1 is 1.06 bits per heavy atom. The molecule has 170 valence electrons. The first kappa shape index (κ1) is 22.6. The van der Waals surface area contributed by atoms with Gasteiger partial charge in [0.15, 0.2) is 5.60 Å². The van der Waals surface area contributed by atoms with Gasteiger partial charge in [-0.15, -0.1) is 0 Å². The van der Waals surface area contributed by atoms with E-state index < -0.39 is 5.60 Å². The Morgan fingerprint density at radius 3 is 2.48 bits per heavy atom. The molecule has 0 unspecified atom stereocenters. The smallest absolute Gasteiger partial charge is 0.272 e. The number of rotatable bonds is 5. The molecule has 1 atom stereocenters. The number of hydrogen-bond acceptors (Lipinski definition) is 4. The van der Waals surface area contributed by atoms with Crippen molar-refractivity contribution in [2.75, 3.05) is 33.8 Å². The van der Waals surface area contributed by atoms with Gasteiger partial charge in [-0.25, -0.2) is 4.39 Å². The van der Waals surface area contributed by atoms with Crippen molar-refractivity contribution in [2.45, 2.75) is 12.0 Å². The number of amides is 2. The number of carbonyl (C=O) groups excluding carboxylic acids is 2. The Balaban J connectivity index is 1.70. The normalized spacial score (nSPS) is 18.1. The van der Waals surface area contributed by atoms with E-state index in [1.807, 2.05) is 24.3 Å². The zero-order valence-electron chi connectivity index (χ0n) is 18.7. The van der Waals surface area contributed by atoms with Gasteiger partial charge in [0.25, 0.3) is 11.8 Å². The molecule has 1 fully saturated rings. The van der Waals surface area contributed by atoms with E-state index in [0.29, 0.717) is 12.2 Å². The predicted molar refractivity (Wildman–Crippen MR) is 123 cm³/mol. The van der Waals surface area contributed by atoms with Gasteiger partial charge in [0.1, 0.15) is 11.5 Å². The SMILES string of the molecule is CN(C)C(=O)[C@@]1(Cc2ccccc2-c2ccc(F)cc2)CN(C(=O)c2ccccn2)CCO1. The maximum Gasteiger partial charge on any atom is 0.272 e. The van der Waals surface area contributed by atoms with Crippen LogP contribution in [0.3, 0.4) is 0 Å². The average Bonchev–Trinajstić information content (AvgIpc) is 2.84. The van der Waals surface area contributed by atoms with Gasteiger partial charge in [-0.2, -0.15) is 0 Å². The summed E-state index contributed by atoms with van der Waals surface area (Å²) < 4.78 is 19.6. The van der Waals surface area contributed by atoms with Crippen LogP contribution in [0, 0.1) is 5.82 Å². The standard InChI is InChI=1S/C26H26FN3O3/c1-29(2)25(32)26(18-30(15-16-33-26)24(31)23-9-5-6-14-28-23)17-20-7-3-4-8-22(20)19-10-12-21(27)13-11-19/h3-14H,15-18H2,1-2H3/t26-/m1/s1. The molecule has 6 nitrogen and oxygen atoms in total. The van der Waals surface area contributed by atoms with Gasteiger partial charge in [0.2, 0.25) is 0 Å². The fourth-order valence-electron chi connectivity index (χ4n) is 4.22. The van der Waals surface area contributed by atoms with E-state index in [4.69, 9.17) is 4.74 Å². The van der Waals surface area contributed by atoms with Crippen LogP contribution in [0.15, 0.2) is 72.9 Å². The van der Waals surface area contributed by atoms with Crippen LogP contribution in [0.1, 0.15) is 16.1 Å². The lowest BCUT2D eigenvalue weighted by Crippen LogP contribution is -2.61. The molecule has 0 aliphatic carbocycles. The molecule has 7 heteroatoms. The molecule has 0 bridgehead atoms. The van der Waals surface area contributed by atoms with E-state index in [0.717, 1.165) is 16.7 Å². The molecule has 0 spiro atoms. The van der Waals surface area contributed by atoms with E-state index in [1.54, 1.807) is 55.5 Å². The van der Waals surface area contributed by atoms with Crippen LogP contribution in [0.4, 0.5) is 4.39 Å². The number of benzene rings is 2. The lowest BCUT2D eigenvalue weighted by molar-refractivity contribution is -0.165. The van der Waals surface area contributed by atoms with E-state index in [-0.39, 0.29) is 37.2 Å². The molecule has 33 heavy (non-hydrogen) atoms. The van der Waals surface area contributed by atoms with Crippen LogP contribution in [0.2, 0.25) is 0 Å². The van der Waals surface area contributed by atoms with Crippen LogP contribution in [0.5, 0.6) is 0 Å². The lowest BCUT2D eigenvalue weighted by atomic mass is 9.87. The van der Waals surface area contributed by atoms with Crippen molar-refractivity contribution in [3.05, 3.63) is 90.0 Å². The van der Waals surface area contributed by atoms with Gasteiger partial charge in [-0.1, -0.05) is 42.5 Å². The van der Waals surface area contributed by atoms with Crippen LogP contribution < -0.4 is 0 Å². The van der Waals surface area contributed by atoms with Crippen molar-refractivity contribution in [3.8, 4) is 11.1 Å². The lowest BCUT2D eigenvalue weighted by Gasteiger charge is -2.43. The van der Waals surface area contributed by atoms with Crippen molar-refractivity contribution in [1.82, 2.24) is 14.8 Å². The Bertz CT molecular complexity index is 1140. The Hall–Kier alpha value is -3.58. The second-order valence-corrected chi connectivity index (χ2v) is 8.32. The Kier molecular flexibility index (Phi) is 6.51. The largest absolute Gasteiger partial charge is 0.361 e. The number of pyridine rings is 1. The minimum atomic E-state index is -1.25. The third kappa shape index (κ3) is 4.78. The van der Waals surface area contributed by atoms with E-state index in [9.17, 15) is 14.0 Å². The number of halogens is 1. The zero-order valence-corrected chi connectivity index (χ0v) is 18.7. The summed E-state index contributed by atoms with van der Waals surface area (Å²) in [6.45, 7) is 0.714. The summed E-state index contributed by atoms with van der Waals surface area (Å²) >= 11 is 0. The second-order valence-electron chi connectivity index (χ2n) is 8.32. The molecule has 0 radical (unpaired) electrons. The highest BCUT2D eigenvalue weighted by atomic mass is 19.1. The Morgan fingerprint density at radius 2 is 1.79 bits per heavy atom. The van der Waals surface area contributed by atoms with Gasteiger partial charge < -0.3 is 14.5 Å². The summed E-state index contributed by atoms with van der Waals surface area (Å²) in [6.07, 6.45) is 1.84. The fourth-order valence-corrected chi connectivity index (χ4v) is 4.22. The molecule has 2 heterocycles. The third-order valence-corrected chi connectivity index (χ3v) is 5.80. The Labute approximate surface area is 192 Å². The van der Waals surface area contributed by atoms with E-state index >= 15 is 0 Å². The van der Waals surface area contributed by atoms with Crippen molar-refractivity contribution >= 4 is 11.8 Å². The number of carbonyl (C=O) groups is 2. The van der Waals surface area contributed by atoms with Crippen molar-refractivity contribution in [3.63, 3.8) is 0 Å². The molecule has 4 rings (SSSR count). The third-order valence-electron chi connectivity index (χ3n) is 5.80. The molecule has 1 aromatic heterocycles. The molecule has 1 aliphatic rings. The summed E-state index contributed by atoms with van der Waals surface area (Å²) in [4.78, 5) is 33.8. The van der Waals surface area contributed by atoms with Crippen LogP contribution >= 0.6 is 0 Å². The number of morpholine rings is 1. The van der Waals surface area contributed by atoms with Gasteiger partial charge >= 0.3 is 0 Å². The molecule has 2 aromatic carbocycles. The monoisotopic (exact) mass is 447 g/mol. The van der Waals surface area contributed by atoms with Crippen molar-refractivity contribution < 1.29 is 18.7 Å². The molecular formula is C26H26FN3O3. The average molecular weight is 448 g/mol. The first-order valence-corrected chi connectivity index (χ1v) is 10.8. The van der Waals surface area contributed by atoms with Crippen LogP contribution in [-0.4, -0.2) is 66.0 Å². The van der Waals surface area contributed by atoms with Crippen LogP contribution in [0.25, 0.3) is 11.1 Å². The van der Waals surface area contributed by atoms with E-state index in [1.165, 1.54) is 17.0 Å². The predicted octanol–water partition coefficient (Wildman–Crippen LogP) is 3.43. The first-order chi connectivity index (χ1) is 15.9. The summed E-state index contributed by atoms with van der Waals surface area (Å²) in [5.41, 5.74) is 1.70. The number of ether oxygens (including phenoxy) is 1. The minimum absolute atomic E-state index is 0.108. The van der Waals surface area contributed by atoms with Gasteiger partial charge in [0, 0.05) is 33.3 Å². The maximum atomic E-state index is 13.5. The molecule has 1 aliphatic heterocycles. The summed E-state index contributed by atoms with van der Waals surface area (Å²) in [5.74, 6) is -0.758. The van der Waals surface area contributed by atoms with Gasteiger partial charge in [0.05, 0.1) is 13.2 Å². The number of aromatic nitrogens is 1. The topological polar surface area (TPSA) is 62.7 Å². The number of hydrogen-bond donors (Lipinski definition) is 0. The molecule has 2 amide bonds. The fraction of sp³-hybridized carbons (Fsp3) is 0.269. The summed E-state index contributed by atoms with van der Waals surface area (Å²) in [6, 6.07) is 19.1. The molecule has 1 saturated heterocycles. The highest BCUT2D eigenvalue weighted by molar-refractivity contribution is 5.94. The van der Waals surface area contributed by atoms with Crippen molar-refractivity contribution in [2.24, 2.45) is 0 Å². The molecule has 0 saturated carbocycles. The first-order valence-electron chi connectivity index (χ1n) is 10.8. The minimum Gasteiger partial charge on any atom is -0.361 e. The maximum absolute atomic E-state index is 13.5. The van der Waals surface area contributed by atoms with Crippen LogP contribution in [-0.2, 0) is 16.0 Å². The molecule has 0 N–H and O–H groups in total. The molecular weight excluding hydrogens is 421 g/mol. The van der Waals surface area contributed by atoms with Gasteiger partial charge in [-0.05, 0) is 41.0 Å². The highest BCUT2D eigenvalue weighted by Crippen LogP contribution is 2.31. The number of nitrogens with zero attached hydrogens (tertiary/aromatic N) is 3. The summed E-state index contributed by atoms with van der Waals surface area (Å²) in [5, 5.41) is 0. The second kappa shape index (κ2) is 9.50. The summed E-state index contributed by atoms with van der Waals surface area (Å²) in [7, 11) is 3.36.